The minimum absolute atomic E-state index is 0.0434. The summed E-state index contributed by atoms with van der Waals surface area (Å²) < 4.78 is 14.3. The zero-order chi connectivity index (χ0) is 21.8. The average molecular weight is 465 g/mol. The Bertz CT molecular complexity index is 1100. The van der Waals surface area contributed by atoms with Crippen molar-refractivity contribution in [2.75, 3.05) is 0 Å². The minimum atomic E-state index is -0.977. The maximum atomic E-state index is 14.3. The molecule has 0 aromatic heterocycles. The van der Waals surface area contributed by atoms with Gasteiger partial charge in [0.15, 0.2) is 5.17 Å². The zero-order valence-electron chi connectivity index (χ0n) is 16.5. The molecule has 4 nitrogen and oxygen atoms in total. The van der Waals surface area contributed by atoms with Crippen molar-refractivity contribution < 1.29 is 14.3 Å². The lowest BCUT2D eigenvalue weighted by Gasteiger charge is -2.37. The van der Waals surface area contributed by atoms with Crippen molar-refractivity contribution in [1.29, 1.82) is 0 Å². The molecule has 30 heavy (non-hydrogen) atoms. The number of halogens is 3. The first kappa shape index (κ1) is 21.2. The summed E-state index contributed by atoms with van der Waals surface area (Å²) in [6.07, 6.45) is 0. The number of amidine groups is 1. The molecule has 0 saturated carbocycles. The van der Waals surface area contributed by atoms with Crippen LogP contribution in [0.2, 0.25) is 10.0 Å². The predicted molar refractivity (Wildman–Crippen MR) is 119 cm³/mol. The van der Waals surface area contributed by atoms with Gasteiger partial charge in [0.1, 0.15) is 16.3 Å². The number of allylic oxidation sites excluding steroid dienone is 1. The van der Waals surface area contributed by atoms with E-state index in [9.17, 15) is 14.3 Å². The summed E-state index contributed by atoms with van der Waals surface area (Å²) in [5, 5.41) is 11.0. The third-order valence-corrected chi connectivity index (χ3v) is 7.06. The molecule has 0 spiro atoms. The molecule has 0 bridgehead atoms. The van der Waals surface area contributed by atoms with Crippen LogP contribution in [-0.2, 0) is 10.3 Å². The fourth-order valence-corrected chi connectivity index (χ4v) is 5.58. The largest absolute Gasteiger partial charge is 0.477 e. The number of nitrogens with zero attached hydrogens (tertiary/aromatic N) is 2. The fourth-order valence-electron chi connectivity index (χ4n) is 4.09. The van der Waals surface area contributed by atoms with E-state index in [0.29, 0.717) is 21.5 Å². The summed E-state index contributed by atoms with van der Waals surface area (Å²) in [6, 6.07) is 11.7. The van der Waals surface area contributed by atoms with Crippen molar-refractivity contribution in [2.24, 2.45) is 10.9 Å². The van der Waals surface area contributed by atoms with E-state index in [-0.39, 0.29) is 21.9 Å². The van der Waals surface area contributed by atoms with E-state index in [1.807, 2.05) is 37.8 Å². The van der Waals surface area contributed by atoms with Crippen molar-refractivity contribution >= 4 is 46.1 Å². The molecule has 0 saturated heterocycles. The van der Waals surface area contributed by atoms with E-state index in [2.05, 4.69) is 0 Å². The van der Waals surface area contributed by atoms with Crippen molar-refractivity contribution in [3.63, 3.8) is 0 Å². The van der Waals surface area contributed by atoms with Gasteiger partial charge in [-0.3, -0.25) is 0 Å². The van der Waals surface area contributed by atoms with Gasteiger partial charge in [-0.1, -0.05) is 55.2 Å². The Morgan fingerprint density at radius 3 is 2.47 bits per heavy atom. The molecule has 0 radical (unpaired) electrons. The second kappa shape index (κ2) is 7.59. The molecule has 156 valence electrons. The number of aliphatic imine (C=N–C) groups is 1. The Morgan fingerprint density at radius 1 is 1.23 bits per heavy atom. The average Bonchev–Trinajstić information content (AvgIpc) is 3.17. The van der Waals surface area contributed by atoms with Gasteiger partial charge in [-0.2, -0.15) is 0 Å². The molecule has 2 heterocycles. The molecular weight excluding hydrogens is 446 g/mol. The van der Waals surface area contributed by atoms with Crippen LogP contribution in [0.3, 0.4) is 0 Å². The maximum absolute atomic E-state index is 14.3. The van der Waals surface area contributed by atoms with E-state index in [1.165, 1.54) is 12.1 Å². The van der Waals surface area contributed by atoms with Crippen LogP contribution in [0.15, 0.2) is 58.1 Å². The number of carboxylic acids is 1. The second-order valence-electron chi connectivity index (χ2n) is 7.77. The highest BCUT2D eigenvalue weighted by molar-refractivity contribution is 8.18. The van der Waals surface area contributed by atoms with Crippen molar-refractivity contribution in [3.05, 3.63) is 80.1 Å². The molecule has 0 aliphatic carbocycles. The second-order valence-corrected chi connectivity index (χ2v) is 9.59. The summed E-state index contributed by atoms with van der Waals surface area (Å²) in [6.45, 7) is 5.84. The number of carboxylic acid groups (broad SMARTS) is 1. The van der Waals surface area contributed by atoms with Crippen LogP contribution < -0.4 is 0 Å². The lowest BCUT2D eigenvalue weighted by Crippen LogP contribution is -2.36. The number of aliphatic carboxylic acids is 1. The lowest BCUT2D eigenvalue weighted by molar-refractivity contribution is -0.131. The molecule has 2 aliphatic rings. The van der Waals surface area contributed by atoms with Gasteiger partial charge in [0, 0.05) is 10.7 Å². The quantitative estimate of drug-likeness (QED) is 0.563. The smallest absolute Gasteiger partial charge is 0.344 e. The highest BCUT2D eigenvalue weighted by atomic mass is 35.5. The van der Waals surface area contributed by atoms with Crippen LogP contribution in [-0.4, -0.2) is 21.1 Å². The number of rotatable bonds is 4. The highest BCUT2D eigenvalue weighted by Crippen LogP contribution is 2.56. The molecule has 2 aromatic rings. The van der Waals surface area contributed by atoms with Crippen LogP contribution in [0.1, 0.15) is 37.9 Å². The van der Waals surface area contributed by atoms with E-state index in [1.54, 1.807) is 18.2 Å². The van der Waals surface area contributed by atoms with Crippen LogP contribution in [0, 0.1) is 11.7 Å². The Labute approximate surface area is 188 Å². The number of hydrogen-bond acceptors (Lipinski definition) is 4. The van der Waals surface area contributed by atoms with Crippen LogP contribution in [0.4, 0.5) is 4.39 Å². The third-order valence-electron chi connectivity index (χ3n) is 5.44. The molecule has 0 unspecified atom stereocenters. The molecule has 2 atom stereocenters. The van der Waals surface area contributed by atoms with E-state index in [0.717, 1.165) is 17.3 Å². The Balaban J connectivity index is 1.93. The van der Waals surface area contributed by atoms with Crippen LogP contribution >= 0.6 is 35.0 Å². The first-order chi connectivity index (χ1) is 14.1. The lowest BCUT2D eigenvalue weighted by atomic mass is 9.81. The highest BCUT2D eigenvalue weighted by Gasteiger charge is 2.53. The first-order valence-electron chi connectivity index (χ1n) is 9.39. The van der Waals surface area contributed by atoms with Gasteiger partial charge in [0.2, 0.25) is 0 Å². The minimum Gasteiger partial charge on any atom is -0.477 e. The predicted octanol–water partition coefficient (Wildman–Crippen LogP) is 6.46. The summed E-state index contributed by atoms with van der Waals surface area (Å²) in [7, 11) is 0. The first-order valence-corrected chi connectivity index (χ1v) is 11.0. The monoisotopic (exact) mass is 464 g/mol. The number of benzene rings is 2. The molecule has 1 N–H and O–H groups in total. The molecular formula is C22H19Cl2FN2O2S. The summed E-state index contributed by atoms with van der Waals surface area (Å²) >= 11 is 13.1. The third kappa shape index (κ3) is 3.31. The van der Waals surface area contributed by atoms with Gasteiger partial charge in [-0.25, -0.2) is 14.2 Å². The van der Waals surface area contributed by atoms with Gasteiger partial charge in [0.05, 0.1) is 11.1 Å². The molecule has 0 amide bonds. The van der Waals surface area contributed by atoms with Gasteiger partial charge >= 0.3 is 5.97 Å². The number of carbonyl (C=O) groups is 1. The maximum Gasteiger partial charge on any atom is 0.344 e. The van der Waals surface area contributed by atoms with Gasteiger partial charge in [-0.05, 0) is 60.0 Å². The molecule has 2 aromatic carbocycles. The number of fused-ring (bicyclic) bond motifs is 1. The fraction of sp³-hybridized carbons (Fsp3) is 0.273. The standard InChI is InChI=1S/C22H19Cl2FN2O2S/c1-11(2)17-18(20(28)29)30-21-26-22(3,13-6-9-15(24)16(25)10-13)19(27(17)21)12-4-7-14(23)8-5-12/h4-11,19H,1-3H3,(H,28,29)/t19-,22+/m1/s1. The van der Waals surface area contributed by atoms with Crippen LogP contribution in [0.25, 0.3) is 0 Å². The summed E-state index contributed by atoms with van der Waals surface area (Å²) in [5.41, 5.74) is 1.41. The summed E-state index contributed by atoms with van der Waals surface area (Å²) in [4.78, 5) is 19.1. The Hall–Kier alpha value is -2.02. The summed E-state index contributed by atoms with van der Waals surface area (Å²) in [5.74, 6) is -1.54. The van der Waals surface area contributed by atoms with E-state index >= 15 is 0 Å². The SMILES string of the molecule is CC(C)C1=C(C(=O)O)SC2=N[C@@](C)(c3ccc(Cl)c(F)c3)[C@@H](c3ccc(Cl)cc3)N21. The normalized spacial score (nSPS) is 23.2. The van der Waals surface area contributed by atoms with Crippen molar-refractivity contribution in [2.45, 2.75) is 32.4 Å². The topological polar surface area (TPSA) is 52.9 Å². The molecule has 4 rings (SSSR count). The van der Waals surface area contributed by atoms with E-state index < -0.39 is 17.3 Å². The van der Waals surface area contributed by atoms with Gasteiger partial charge < -0.3 is 10.0 Å². The number of thioether (sulfide) groups is 1. The Kier molecular flexibility index (Phi) is 5.37. The van der Waals surface area contributed by atoms with Crippen molar-refractivity contribution in [3.8, 4) is 0 Å². The molecule has 2 aliphatic heterocycles. The zero-order valence-corrected chi connectivity index (χ0v) is 18.8. The number of hydrogen-bond donors (Lipinski definition) is 1. The van der Waals surface area contributed by atoms with Gasteiger partial charge in [-0.15, -0.1) is 0 Å². The molecule has 0 fully saturated rings. The Morgan fingerprint density at radius 2 is 1.90 bits per heavy atom. The van der Waals surface area contributed by atoms with Crippen LogP contribution in [0.5, 0.6) is 0 Å². The van der Waals surface area contributed by atoms with Gasteiger partial charge in [0.25, 0.3) is 0 Å². The van der Waals surface area contributed by atoms with Crippen molar-refractivity contribution in [1.82, 2.24) is 4.90 Å². The van der Waals surface area contributed by atoms with E-state index in [4.69, 9.17) is 28.2 Å². The molecule has 8 heteroatoms.